The highest BCUT2D eigenvalue weighted by Gasteiger charge is 2.47. The number of aliphatic hydroxyl groups excluding tert-OH is 1. The van der Waals surface area contributed by atoms with Gasteiger partial charge >= 0.3 is 0 Å². The Morgan fingerprint density at radius 2 is 1.67 bits per heavy atom. The van der Waals surface area contributed by atoms with E-state index in [1.54, 1.807) is 36.4 Å². The van der Waals surface area contributed by atoms with E-state index < -0.39 is 23.5 Å². The number of nitriles is 1. The van der Waals surface area contributed by atoms with Gasteiger partial charge in [-0.2, -0.15) is 5.26 Å². The molecule has 0 aliphatic carbocycles. The van der Waals surface area contributed by atoms with E-state index in [1.165, 1.54) is 18.1 Å². The molecule has 36 heavy (non-hydrogen) atoms. The van der Waals surface area contributed by atoms with E-state index in [0.29, 0.717) is 22.6 Å². The molecule has 1 heterocycles. The van der Waals surface area contributed by atoms with Gasteiger partial charge in [0.25, 0.3) is 11.7 Å². The fraction of sp³-hybridized carbons (Fsp3) is 0.207. The molecule has 1 saturated heterocycles. The van der Waals surface area contributed by atoms with Crippen molar-refractivity contribution in [2.75, 3.05) is 12.0 Å². The number of hydrogen-bond acceptors (Lipinski definition) is 5. The van der Waals surface area contributed by atoms with Gasteiger partial charge in [0.15, 0.2) is 0 Å². The van der Waals surface area contributed by atoms with Crippen molar-refractivity contribution in [3.05, 3.63) is 99.6 Å². The molecule has 1 fully saturated rings. The number of rotatable bonds is 4. The van der Waals surface area contributed by atoms with Gasteiger partial charge in [0.05, 0.1) is 35.4 Å². The molecular weight excluding hydrogens is 476 g/mol. The van der Waals surface area contributed by atoms with Crippen LogP contribution in [0.2, 0.25) is 5.02 Å². The number of halogens is 1. The van der Waals surface area contributed by atoms with E-state index in [4.69, 9.17) is 16.3 Å². The van der Waals surface area contributed by atoms with Crippen LogP contribution in [0, 0.1) is 11.3 Å². The number of ketones is 1. The maximum absolute atomic E-state index is 13.4. The standard InChI is InChI=1S/C29H25ClN2O4/c1-29(2,3)19-9-7-18(8-10-19)25-24(26(33)22-15-21(36-4)13-14-23(22)30)27(34)28(35)32(25)20-11-5-17(16-31)6-12-20/h5-15,25,33H,1-4H3/b26-24+. The summed E-state index contributed by atoms with van der Waals surface area (Å²) < 4.78 is 5.26. The summed E-state index contributed by atoms with van der Waals surface area (Å²) in [4.78, 5) is 28.0. The van der Waals surface area contributed by atoms with Crippen LogP contribution in [-0.4, -0.2) is 23.9 Å². The Bertz CT molecular complexity index is 1410. The van der Waals surface area contributed by atoms with Crippen molar-refractivity contribution in [2.45, 2.75) is 32.2 Å². The van der Waals surface area contributed by atoms with Crippen LogP contribution < -0.4 is 9.64 Å². The highest BCUT2D eigenvalue weighted by Crippen LogP contribution is 2.43. The molecule has 182 valence electrons. The number of carbonyl (C=O) groups is 2. The lowest BCUT2D eigenvalue weighted by Gasteiger charge is -2.26. The Hall–Kier alpha value is -4.08. The van der Waals surface area contributed by atoms with Crippen LogP contribution in [-0.2, 0) is 15.0 Å². The van der Waals surface area contributed by atoms with Crippen molar-refractivity contribution >= 4 is 34.7 Å². The van der Waals surface area contributed by atoms with Crippen molar-refractivity contribution < 1.29 is 19.4 Å². The van der Waals surface area contributed by atoms with Gasteiger partial charge < -0.3 is 9.84 Å². The largest absolute Gasteiger partial charge is 0.507 e. The first-order chi connectivity index (χ1) is 17.1. The van der Waals surface area contributed by atoms with Crippen molar-refractivity contribution in [3.63, 3.8) is 0 Å². The average Bonchev–Trinajstić information content (AvgIpc) is 3.13. The van der Waals surface area contributed by atoms with Gasteiger partial charge in [-0.05, 0) is 59.0 Å². The van der Waals surface area contributed by atoms with Gasteiger partial charge in [0, 0.05) is 11.3 Å². The summed E-state index contributed by atoms with van der Waals surface area (Å²) >= 11 is 6.37. The monoisotopic (exact) mass is 500 g/mol. The molecular formula is C29H25ClN2O4. The number of ether oxygens (including phenoxy) is 1. The van der Waals surface area contributed by atoms with E-state index in [2.05, 4.69) is 20.8 Å². The second kappa shape index (κ2) is 9.52. The summed E-state index contributed by atoms with van der Waals surface area (Å²) in [5.74, 6) is -1.57. The summed E-state index contributed by atoms with van der Waals surface area (Å²) in [5, 5.41) is 20.7. The highest BCUT2D eigenvalue weighted by molar-refractivity contribution is 6.52. The van der Waals surface area contributed by atoms with Crippen LogP contribution in [0.1, 0.15) is 49.1 Å². The predicted octanol–water partition coefficient (Wildman–Crippen LogP) is 6.14. The van der Waals surface area contributed by atoms with Crippen molar-refractivity contribution in [3.8, 4) is 11.8 Å². The maximum atomic E-state index is 13.4. The molecule has 0 radical (unpaired) electrons. The second-order valence-corrected chi connectivity index (χ2v) is 9.95. The summed E-state index contributed by atoms with van der Waals surface area (Å²) in [6, 6.07) is 19.8. The first kappa shape index (κ1) is 25.0. The summed E-state index contributed by atoms with van der Waals surface area (Å²) in [6.07, 6.45) is 0. The van der Waals surface area contributed by atoms with Gasteiger partial charge in [-0.3, -0.25) is 14.5 Å². The molecule has 7 heteroatoms. The molecule has 3 aromatic rings. The van der Waals surface area contributed by atoms with Gasteiger partial charge in [-0.25, -0.2) is 0 Å². The van der Waals surface area contributed by atoms with Gasteiger partial charge in [-0.15, -0.1) is 0 Å². The molecule has 3 aromatic carbocycles. The first-order valence-corrected chi connectivity index (χ1v) is 11.7. The van der Waals surface area contributed by atoms with Gasteiger partial charge in [0.1, 0.15) is 11.5 Å². The quantitative estimate of drug-likeness (QED) is 0.264. The summed E-state index contributed by atoms with van der Waals surface area (Å²) in [7, 11) is 1.48. The topological polar surface area (TPSA) is 90.6 Å². The smallest absolute Gasteiger partial charge is 0.300 e. The van der Waals surface area contributed by atoms with Gasteiger partial charge in [0.2, 0.25) is 0 Å². The Morgan fingerprint density at radius 1 is 1.03 bits per heavy atom. The molecule has 1 amide bonds. The SMILES string of the molecule is COc1ccc(Cl)c(/C(O)=C2\C(=O)C(=O)N(c3ccc(C#N)cc3)C2c2ccc(C(C)(C)C)cc2)c1. The molecule has 1 N–H and O–H groups in total. The van der Waals surface area contributed by atoms with Crippen LogP contribution >= 0.6 is 11.6 Å². The zero-order chi connectivity index (χ0) is 26.2. The Balaban J connectivity index is 1.95. The fourth-order valence-corrected chi connectivity index (χ4v) is 4.44. The van der Waals surface area contributed by atoms with Crippen LogP contribution in [0.25, 0.3) is 5.76 Å². The minimum Gasteiger partial charge on any atom is -0.507 e. The summed E-state index contributed by atoms with van der Waals surface area (Å²) in [5.41, 5.74) is 2.58. The van der Waals surface area contributed by atoms with E-state index in [0.717, 1.165) is 5.56 Å². The van der Waals surface area contributed by atoms with E-state index in [1.807, 2.05) is 30.3 Å². The molecule has 6 nitrogen and oxygen atoms in total. The fourth-order valence-electron chi connectivity index (χ4n) is 4.23. The molecule has 0 bridgehead atoms. The number of nitrogens with zero attached hydrogens (tertiary/aromatic N) is 2. The molecule has 1 aliphatic rings. The highest BCUT2D eigenvalue weighted by atomic mass is 35.5. The number of anilines is 1. The Kier molecular flexibility index (Phi) is 6.62. The molecule has 0 saturated carbocycles. The third-order valence-electron chi connectivity index (χ3n) is 6.24. The van der Waals surface area contributed by atoms with Crippen LogP contribution in [0.4, 0.5) is 5.69 Å². The van der Waals surface area contributed by atoms with Crippen LogP contribution in [0.3, 0.4) is 0 Å². The minimum atomic E-state index is -0.908. The number of methoxy groups -OCH3 is 1. The minimum absolute atomic E-state index is 0.0805. The van der Waals surface area contributed by atoms with Gasteiger partial charge in [-0.1, -0.05) is 56.6 Å². The molecule has 1 atom stereocenters. The third kappa shape index (κ3) is 4.46. The second-order valence-electron chi connectivity index (χ2n) is 9.55. The Labute approximate surface area is 215 Å². The molecule has 0 aromatic heterocycles. The van der Waals surface area contributed by atoms with E-state index in [9.17, 15) is 20.0 Å². The molecule has 4 rings (SSSR count). The normalized spacial score (nSPS) is 17.2. The van der Waals surface area contributed by atoms with E-state index >= 15 is 0 Å². The van der Waals surface area contributed by atoms with Crippen molar-refractivity contribution in [1.82, 2.24) is 0 Å². The lowest BCUT2D eigenvalue weighted by atomic mass is 9.85. The lowest BCUT2D eigenvalue weighted by Crippen LogP contribution is -2.29. The predicted molar refractivity (Wildman–Crippen MR) is 139 cm³/mol. The number of amides is 1. The molecule has 1 unspecified atom stereocenters. The number of hydrogen-bond donors (Lipinski definition) is 1. The third-order valence-corrected chi connectivity index (χ3v) is 6.57. The molecule has 1 aliphatic heterocycles. The number of aliphatic hydroxyl groups is 1. The van der Waals surface area contributed by atoms with E-state index in [-0.39, 0.29) is 21.6 Å². The number of carbonyl (C=O) groups excluding carboxylic acids is 2. The van der Waals surface area contributed by atoms with Crippen LogP contribution in [0.5, 0.6) is 5.75 Å². The van der Waals surface area contributed by atoms with Crippen molar-refractivity contribution in [1.29, 1.82) is 5.26 Å². The number of Topliss-reactive ketones (excluding diaryl/α,β-unsaturated/α-hetero) is 1. The zero-order valence-corrected chi connectivity index (χ0v) is 21.1. The van der Waals surface area contributed by atoms with Crippen LogP contribution in [0.15, 0.2) is 72.3 Å². The average molecular weight is 501 g/mol. The lowest BCUT2D eigenvalue weighted by molar-refractivity contribution is -0.132. The molecule has 0 spiro atoms. The first-order valence-electron chi connectivity index (χ1n) is 11.3. The maximum Gasteiger partial charge on any atom is 0.300 e. The number of benzene rings is 3. The Morgan fingerprint density at radius 3 is 2.22 bits per heavy atom. The van der Waals surface area contributed by atoms with Crippen molar-refractivity contribution in [2.24, 2.45) is 0 Å². The zero-order valence-electron chi connectivity index (χ0n) is 20.4. The summed E-state index contributed by atoms with van der Waals surface area (Å²) in [6.45, 7) is 6.28.